The molecule has 2 aromatic rings. The van der Waals surface area contributed by atoms with E-state index >= 15 is 0 Å². The summed E-state index contributed by atoms with van der Waals surface area (Å²) in [5, 5.41) is 2.60. The third kappa shape index (κ3) is 3.65. The zero-order valence-corrected chi connectivity index (χ0v) is 15.6. The molecule has 2 aliphatic heterocycles. The van der Waals surface area contributed by atoms with Gasteiger partial charge in [0.2, 0.25) is 5.91 Å². The second-order valence-corrected chi connectivity index (χ2v) is 7.07. The number of aromatic nitrogens is 2. The van der Waals surface area contributed by atoms with Crippen molar-refractivity contribution in [2.24, 2.45) is 11.7 Å². The van der Waals surface area contributed by atoms with Crippen LogP contribution in [0.25, 0.3) is 5.69 Å². The fraction of sp³-hybridized carbons (Fsp3) is 0.316. The molecule has 1 fully saturated rings. The first-order valence-corrected chi connectivity index (χ1v) is 9.09. The summed E-state index contributed by atoms with van der Waals surface area (Å²) in [4.78, 5) is 25.1. The van der Waals surface area contributed by atoms with Crippen molar-refractivity contribution in [3.63, 3.8) is 0 Å². The maximum absolute atomic E-state index is 12.4. The number of amides is 2. The molecule has 1 unspecified atom stereocenters. The Hall–Kier alpha value is -3.08. The third-order valence-corrected chi connectivity index (χ3v) is 4.90. The lowest BCUT2D eigenvalue weighted by Crippen LogP contribution is -2.51. The molecule has 6 radical (unpaired) electrons. The van der Waals surface area contributed by atoms with Crippen molar-refractivity contribution in [1.29, 1.82) is 0 Å². The number of hydrogen-bond acceptors (Lipinski definition) is 4. The first-order valence-electron chi connectivity index (χ1n) is 9.09. The molecule has 2 N–H and O–H groups in total. The third-order valence-electron chi connectivity index (χ3n) is 4.90. The van der Waals surface area contributed by atoms with Crippen molar-refractivity contribution in [1.82, 2.24) is 14.7 Å². The lowest BCUT2D eigenvalue weighted by Gasteiger charge is -2.33. The maximum Gasteiger partial charge on any atom is 0.269 e. The van der Waals surface area contributed by atoms with Gasteiger partial charge >= 0.3 is 0 Å². The van der Waals surface area contributed by atoms with E-state index in [1.54, 1.807) is 28.9 Å². The van der Waals surface area contributed by atoms with Gasteiger partial charge in [0.15, 0.2) is 5.69 Å². The normalized spacial score (nSPS) is 18.1. The highest BCUT2D eigenvalue weighted by atomic mass is 16.5. The molecule has 4 rings (SSSR count). The predicted molar refractivity (Wildman–Crippen MR) is 108 cm³/mol. The zero-order valence-electron chi connectivity index (χ0n) is 15.6. The van der Waals surface area contributed by atoms with Crippen molar-refractivity contribution < 1.29 is 14.3 Å². The molecule has 1 aromatic heterocycles. The molecule has 0 aliphatic carbocycles. The van der Waals surface area contributed by atoms with Crippen LogP contribution >= 0.6 is 0 Å². The summed E-state index contributed by atoms with van der Waals surface area (Å²) < 4.78 is 7.40. The van der Waals surface area contributed by atoms with Crippen LogP contribution in [0.2, 0.25) is 0 Å². The molecule has 2 amide bonds. The van der Waals surface area contributed by atoms with Crippen molar-refractivity contribution in [3.8, 4) is 23.3 Å². The summed E-state index contributed by atoms with van der Waals surface area (Å²) in [6.45, 7) is 0.805. The Morgan fingerprint density at radius 3 is 2.79 bits per heavy atom. The Kier molecular flexibility index (Phi) is 4.69. The minimum absolute atomic E-state index is 0.190. The fourth-order valence-corrected chi connectivity index (χ4v) is 3.44. The number of benzene rings is 1. The molecule has 7 nitrogen and oxygen atoms in total. The smallest absolute Gasteiger partial charge is 0.269 e. The number of fused-ring (bicyclic) bond motifs is 3. The molecule has 0 bridgehead atoms. The van der Waals surface area contributed by atoms with Gasteiger partial charge in [0, 0.05) is 24.2 Å². The van der Waals surface area contributed by atoms with Crippen LogP contribution < -0.4 is 10.5 Å². The number of primary amides is 1. The number of hydrogen-bond donors (Lipinski definition) is 1. The molecule has 1 aromatic carbocycles. The van der Waals surface area contributed by atoms with Gasteiger partial charge in [-0.2, -0.15) is 5.10 Å². The highest BCUT2D eigenvalue weighted by molar-refractivity contribution is 6.59. The monoisotopic (exact) mass is 380 g/mol. The molecule has 0 spiro atoms. The second-order valence-electron chi connectivity index (χ2n) is 7.07. The lowest BCUT2D eigenvalue weighted by atomic mass is 9.48. The van der Waals surface area contributed by atoms with Crippen LogP contribution in [0.5, 0.6) is 5.75 Å². The quantitative estimate of drug-likeness (QED) is 0.547. The standard InChI is InChI=1S/C19H15B3N4O3/c20-19(21,22)25-7-5-12(18(25)28)3-1-11-2-4-16-15(9-11)26-13(6-8-29-16)10-14(24-26)17(23)27/h2,4,9-10,12H,5-8H2,(H2,23,27). The molecular formula is C19H15B3N4O3. The van der Waals surface area contributed by atoms with Crippen LogP contribution in [0, 0.1) is 17.8 Å². The minimum atomic E-state index is -1.69. The van der Waals surface area contributed by atoms with Gasteiger partial charge in [0.05, 0.1) is 30.1 Å². The summed E-state index contributed by atoms with van der Waals surface area (Å²) in [6.07, 6.45) is 1.08. The van der Waals surface area contributed by atoms with Gasteiger partial charge in [-0.1, -0.05) is 17.1 Å². The number of nitrogens with zero attached hydrogens (tertiary/aromatic N) is 3. The van der Waals surface area contributed by atoms with Crippen molar-refractivity contribution in [2.45, 2.75) is 18.1 Å². The fourth-order valence-electron chi connectivity index (χ4n) is 3.44. The van der Waals surface area contributed by atoms with Crippen LogP contribution in [-0.2, 0) is 11.2 Å². The molecular weight excluding hydrogens is 365 g/mol. The molecule has 1 saturated heterocycles. The number of likely N-dealkylation sites (tertiary alicyclic amines) is 1. The van der Waals surface area contributed by atoms with E-state index in [1.165, 1.54) is 4.90 Å². The van der Waals surface area contributed by atoms with Gasteiger partial charge in [-0.05, 0) is 30.7 Å². The lowest BCUT2D eigenvalue weighted by molar-refractivity contribution is -0.129. The van der Waals surface area contributed by atoms with Crippen LogP contribution in [0.1, 0.15) is 28.2 Å². The SMILES string of the molecule is [B]C([B])([B])N1CCC(C#Cc2ccc3c(c2)-n2nc(C(N)=O)cc2CCO3)C1=O. The summed E-state index contributed by atoms with van der Waals surface area (Å²) in [6, 6.07) is 7.04. The maximum atomic E-state index is 12.4. The Labute approximate surface area is 172 Å². The van der Waals surface area contributed by atoms with Crippen molar-refractivity contribution in [3.05, 3.63) is 41.2 Å². The number of nitrogens with two attached hydrogens (primary N) is 1. The summed E-state index contributed by atoms with van der Waals surface area (Å²) >= 11 is 0. The Morgan fingerprint density at radius 2 is 2.10 bits per heavy atom. The Morgan fingerprint density at radius 1 is 1.31 bits per heavy atom. The minimum Gasteiger partial charge on any atom is -0.491 e. The zero-order chi connectivity index (χ0) is 20.8. The van der Waals surface area contributed by atoms with Gasteiger partial charge in [-0.3, -0.25) is 9.59 Å². The van der Waals surface area contributed by atoms with Crippen molar-refractivity contribution in [2.75, 3.05) is 13.2 Å². The number of carbonyl (C=O) groups is 2. The van der Waals surface area contributed by atoms with Crippen LogP contribution in [0.15, 0.2) is 24.3 Å². The van der Waals surface area contributed by atoms with E-state index in [0.29, 0.717) is 43.0 Å². The van der Waals surface area contributed by atoms with Crippen LogP contribution in [0.4, 0.5) is 0 Å². The molecule has 1 atom stereocenters. The topological polar surface area (TPSA) is 90.5 Å². The molecule has 10 heteroatoms. The van der Waals surface area contributed by atoms with E-state index in [1.807, 2.05) is 0 Å². The first kappa shape index (κ1) is 19.3. The van der Waals surface area contributed by atoms with E-state index < -0.39 is 17.1 Å². The van der Waals surface area contributed by atoms with E-state index in [4.69, 9.17) is 34.0 Å². The van der Waals surface area contributed by atoms with Gasteiger partial charge in [-0.15, -0.1) is 0 Å². The molecule has 3 heterocycles. The van der Waals surface area contributed by atoms with Crippen LogP contribution in [0.3, 0.4) is 0 Å². The number of rotatable bonds is 2. The average Bonchev–Trinajstić information content (AvgIpc) is 3.20. The Bertz CT molecular complexity index is 1060. The van der Waals surface area contributed by atoms with E-state index in [-0.39, 0.29) is 11.6 Å². The Balaban J connectivity index is 1.65. The first-order chi connectivity index (χ1) is 13.7. The number of carbonyl (C=O) groups excluding carboxylic acids is 2. The van der Waals surface area contributed by atoms with Gasteiger partial charge in [-0.25, -0.2) is 4.68 Å². The average molecular weight is 380 g/mol. The second kappa shape index (κ2) is 7.07. The highest BCUT2D eigenvalue weighted by Crippen LogP contribution is 2.29. The van der Waals surface area contributed by atoms with E-state index in [0.717, 1.165) is 5.69 Å². The number of ether oxygens (including phenoxy) is 1. The summed E-state index contributed by atoms with van der Waals surface area (Å²) in [7, 11) is 16.8. The van der Waals surface area contributed by atoms with Gasteiger partial charge in [0.25, 0.3) is 5.91 Å². The van der Waals surface area contributed by atoms with E-state index in [2.05, 4.69) is 16.9 Å². The predicted octanol–water partition coefficient (Wildman–Crippen LogP) is -0.777. The molecule has 2 aliphatic rings. The highest BCUT2D eigenvalue weighted by Gasteiger charge is 2.35. The largest absolute Gasteiger partial charge is 0.491 e. The molecule has 138 valence electrons. The molecule has 29 heavy (non-hydrogen) atoms. The van der Waals surface area contributed by atoms with Crippen molar-refractivity contribution >= 4 is 35.4 Å². The summed E-state index contributed by atoms with van der Waals surface area (Å²) in [5.74, 6) is 5.19. The molecule has 0 saturated carbocycles. The summed E-state index contributed by atoms with van der Waals surface area (Å²) in [5.41, 5.74) is 7.68. The van der Waals surface area contributed by atoms with Gasteiger partial charge < -0.3 is 15.4 Å². The van der Waals surface area contributed by atoms with E-state index in [9.17, 15) is 9.59 Å². The van der Waals surface area contributed by atoms with Crippen LogP contribution in [-0.4, -0.2) is 68.4 Å². The van der Waals surface area contributed by atoms with Gasteiger partial charge in [0.1, 0.15) is 17.4 Å².